The number of halogens is 4. The van der Waals surface area contributed by atoms with Crippen LogP contribution in [0.2, 0.25) is 5.02 Å². The molecule has 0 unspecified atom stereocenters. The van der Waals surface area contributed by atoms with Crippen LogP contribution in [0.5, 0.6) is 0 Å². The maximum Gasteiger partial charge on any atom is 0.417 e. The molecule has 94 valence electrons. The zero-order chi connectivity index (χ0) is 12.6. The summed E-state index contributed by atoms with van der Waals surface area (Å²) >= 11 is 5.79. The van der Waals surface area contributed by atoms with E-state index in [0.29, 0.717) is 17.9 Å². The van der Waals surface area contributed by atoms with E-state index >= 15 is 0 Å². The van der Waals surface area contributed by atoms with E-state index in [1.807, 2.05) is 0 Å². The van der Waals surface area contributed by atoms with Crippen molar-refractivity contribution >= 4 is 11.6 Å². The Kier molecular flexibility index (Phi) is 3.36. The number of nitrogens with two attached hydrogens (primary N) is 1. The Morgan fingerprint density at radius 2 is 2.00 bits per heavy atom. The van der Waals surface area contributed by atoms with Crippen LogP contribution in [0.3, 0.4) is 0 Å². The number of benzene rings is 1. The molecule has 0 bridgehead atoms. The van der Waals surface area contributed by atoms with Gasteiger partial charge in [-0.1, -0.05) is 36.6 Å². The van der Waals surface area contributed by atoms with Gasteiger partial charge in [0.25, 0.3) is 0 Å². The summed E-state index contributed by atoms with van der Waals surface area (Å²) in [7, 11) is 0. The van der Waals surface area contributed by atoms with Crippen molar-refractivity contribution in [3.05, 3.63) is 34.3 Å². The van der Waals surface area contributed by atoms with Crippen molar-refractivity contribution in [1.82, 2.24) is 0 Å². The van der Waals surface area contributed by atoms with Gasteiger partial charge in [0.15, 0.2) is 0 Å². The molecule has 0 amide bonds. The van der Waals surface area contributed by atoms with Gasteiger partial charge in [-0.05, 0) is 24.0 Å². The van der Waals surface area contributed by atoms with E-state index in [-0.39, 0.29) is 5.02 Å². The Morgan fingerprint density at radius 3 is 2.53 bits per heavy atom. The molecule has 1 aliphatic rings. The third-order valence-corrected chi connectivity index (χ3v) is 3.44. The molecule has 0 radical (unpaired) electrons. The lowest BCUT2D eigenvalue weighted by Crippen LogP contribution is -2.14. The molecule has 0 heterocycles. The van der Waals surface area contributed by atoms with Crippen molar-refractivity contribution in [2.24, 2.45) is 11.7 Å². The van der Waals surface area contributed by atoms with Crippen molar-refractivity contribution in [3.63, 3.8) is 0 Å². The van der Waals surface area contributed by atoms with Gasteiger partial charge in [-0.2, -0.15) is 13.2 Å². The van der Waals surface area contributed by atoms with Crippen molar-refractivity contribution < 1.29 is 13.2 Å². The molecular weight excluding hydrogens is 251 g/mol. The summed E-state index contributed by atoms with van der Waals surface area (Å²) in [4.78, 5) is 0. The van der Waals surface area contributed by atoms with E-state index in [0.717, 1.165) is 18.9 Å². The first-order valence-electron chi connectivity index (χ1n) is 5.50. The van der Waals surface area contributed by atoms with Crippen molar-refractivity contribution in [3.8, 4) is 0 Å². The van der Waals surface area contributed by atoms with Gasteiger partial charge in [0.1, 0.15) is 0 Å². The van der Waals surface area contributed by atoms with E-state index < -0.39 is 17.8 Å². The second-order valence-corrected chi connectivity index (χ2v) is 4.87. The molecule has 1 aromatic carbocycles. The average Bonchev–Trinajstić information content (AvgIpc) is 3.00. The largest absolute Gasteiger partial charge is 0.417 e. The zero-order valence-corrected chi connectivity index (χ0v) is 9.85. The highest BCUT2D eigenvalue weighted by atomic mass is 35.5. The van der Waals surface area contributed by atoms with Gasteiger partial charge in [-0.15, -0.1) is 0 Å². The van der Waals surface area contributed by atoms with Crippen LogP contribution in [0.15, 0.2) is 18.2 Å². The second-order valence-electron chi connectivity index (χ2n) is 4.49. The highest BCUT2D eigenvalue weighted by Gasteiger charge is 2.35. The first kappa shape index (κ1) is 12.7. The summed E-state index contributed by atoms with van der Waals surface area (Å²) in [6.07, 6.45) is -1.48. The van der Waals surface area contributed by atoms with Crippen LogP contribution in [0, 0.1) is 5.92 Å². The van der Waals surface area contributed by atoms with Gasteiger partial charge >= 0.3 is 6.18 Å². The number of rotatable bonds is 3. The van der Waals surface area contributed by atoms with Crippen molar-refractivity contribution in [1.29, 1.82) is 0 Å². The maximum atomic E-state index is 12.6. The van der Waals surface area contributed by atoms with E-state index in [1.165, 1.54) is 6.07 Å². The topological polar surface area (TPSA) is 26.0 Å². The molecule has 5 heteroatoms. The highest BCUT2D eigenvalue weighted by Crippen LogP contribution is 2.41. The van der Waals surface area contributed by atoms with Crippen LogP contribution in [0.4, 0.5) is 13.2 Å². The van der Waals surface area contributed by atoms with Gasteiger partial charge in [0, 0.05) is 6.04 Å². The Hall–Kier alpha value is -0.740. The lowest BCUT2D eigenvalue weighted by molar-refractivity contribution is -0.137. The molecular formula is C12H13ClF3N. The Labute approximate surface area is 103 Å². The van der Waals surface area contributed by atoms with Gasteiger partial charge in [0.2, 0.25) is 0 Å². The van der Waals surface area contributed by atoms with E-state index in [4.69, 9.17) is 17.3 Å². The van der Waals surface area contributed by atoms with Gasteiger partial charge in [0.05, 0.1) is 10.6 Å². The Balaban J connectivity index is 2.27. The number of hydrogen-bond acceptors (Lipinski definition) is 1. The molecule has 1 fully saturated rings. The fraction of sp³-hybridized carbons (Fsp3) is 0.500. The molecule has 0 saturated heterocycles. The normalized spacial score (nSPS) is 18.2. The van der Waals surface area contributed by atoms with Crippen LogP contribution < -0.4 is 5.73 Å². The first-order chi connectivity index (χ1) is 7.89. The minimum atomic E-state index is -4.42. The van der Waals surface area contributed by atoms with Gasteiger partial charge in [-0.3, -0.25) is 0 Å². The summed E-state index contributed by atoms with van der Waals surface area (Å²) in [5, 5.41) is -0.256. The summed E-state index contributed by atoms with van der Waals surface area (Å²) in [5.74, 6) is 0.551. The lowest BCUT2D eigenvalue weighted by Gasteiger charge is -2.17. The van der Waals surface area contributed by atoms with E-state index in [2.05, 4.69) is 0 Å². The van der Waals surface area contributed by atoms with E-state index in [1.54, 1.807) is 6.07 Å². The second kappa shape index (κ2) is 4.50. The monoisotopic (exact) mass is 263 g/mol. The molecule has 17 heavy (non-hydrogen) atoms. The van der Waals surface area contributed by atoms with Crippen molar-refractivity contribution in [2.45, 2.75) is 31.5 Å². The third-order valence-electron chi connectivity index (χ3n) is 3.02. The van der Waals surface area contributed by atoms with Crippen LogP contribution in [0.1, 0.15) is 36.4 Å². The molecule has 2 rings (SSSR count). The minimum absolute atomic E-state index is 0.256. The summed E-state index contributed by atoms with van der Waals surface area (Å²) in [5.41, 5.74) is 5.49. The van der Waals surface area contributed by atoms with Crippen LogP contribution >= 0.6 is 11.6 Å². The SMILES string of the molecule is N[C@@H](CC1CC1)c1cccc(C(F)(F)F)c1Cl. The minimum Gasteiger partial charge on any atom is -0.324 e. The number of hydrogen-bond donors (Lipinski definition) is 1. The predicted octanol–water partition coefficient (Wildman–Crippen LogP) is 4.16. The number of alkyl halides is 3. The lowest BCUT2D eigenvalue weighted by atomic mass is 9.99. The summed E-state index contributed by atoms with van der Waals surface area (Å²) < 4.78 is 37.9. The van der Waals surface area contributed by atoms with Crippen LogP contribution in [0.25, 0.3) is 0 Å². The smallest absolute Gasteiger partial charge is 0.324 e. The molecule has 0 aromatic heterocycles. The standard InChI is InChI=1S/C12H13ClF3N/c13-11-8(10(17)6-7-4-5-7)2-1-3-9(11)12(14,15)16/h1-3,7,10H,4-6,17H2/t10-/m0/s1. The molecule has 0 aliphatic heterocycles. The van der Waals surface area contributed by atoms with Crippen molar-refractivity contribution in [2.75, 3.05) is 0 Å². The van der Waals surface area contributed by atoms with Crippen LogP contribution in [-0.4, -0.2) is 0 Å². The zero-order valence-electron chi connectivity index (χ0n) is 9.10. The summed E-state index contributed by atoms with van der Waals surface area (Å²) in [6, 6.07) is 3.51. The third kappa shape index (κ3) is 2.93. The molecule has 0 spiro atoms. The molecule has 1 aliphatic carbocycles. The van der Waals surface area contributed by atoms with Crippen LogP contribution in [-0.2, 0) is 6.18 Å². The molecule has 1 aromatic rings. The van der Waals surface area contributed by atoms with Gasteiger partial charge < -0.3 is 5.73 Å². The fourth-order valence-electron chi connectivity index (χ4n) is 1.89. The molecule has 2 N–H and O–H groups in total. The maximum absolute atomic E-state index is 12.6. The predicted molar refractivity (Wildman–Crippen MR) is 60.7 cm³/mol. The average molecular weight is 264 g/mol. The summed E-state index contributed by atoms with van der Waals surface area (Å²) in [6.45, 7) is 0. The quantitative estimate of drug-likeness (QED) is 0.871. The van der Waals surface area contributed by atoms with E-state index in [9.17, 15) is 13.2 Å². The van der Waals surface area contributed by atoms with Gasteiger partial charge in [-0.25, -0.2) is 0 Å². The molecule has 1 saturated carbocycles. The first-order valence-corrected chi connectivity index (χ1v) is 5.88. The molecule has 1 atom stereocenters. The Morgan fingerprint density at radius 1 is 1.35 bits per heavy atom. The Bertz CT molecular complexity index is 413. The highest BCUT2D eigenvalue weighted by molar-refractivity contribution is 6.32. The molecule has 1 nitrogen and oxygen atoms in total. The fourth-order valence-corrected chi connectivity index (χ4v) is 2.27.